The van der Waals surface area contributed by atoms with Crippen molar-refractivity contribution in [3.05, 3.63) is 70.1 Å². The highest BCUT2D eigenvalue weighted by molar-refractivity contribution is 5.91. The molecule has 0 aliphatic heterocycles. The minimum atomic E-state index is -0.349. The second-order valence-electron chi connectivity index (χ2n) is 7.39. The summed E-state index contributed by atoms with van der Waals surface area (Å²) in [4.78, 5) is 42.1. The second kappa shape index (κ2) is 10.5. The fourth-order valence-corrected chi connectivity index (χ4v) is 3.32. The highest BCUT2D eigenvalue weighted by atomic mass is 16.2. The van der Waals surface area contributed by atoms with Gasteiger partial charge < -0.3 is 10.6 Å². The van der Waals surface area contributed by atoms with Crippen molar-refractivity contribution in [1.29, 1.82) is 0 Å². The Hall–Kier alpha value is -3.48. The maximum atomic E-state index is 13.1. The van der Waals surface area contributed by atoms with Crippen molar-refractivity contribution in [1.82, 2.24) is 14.9 Å². The quantitative estimate of drug-likeness (QED) is 0.556. The Morgan fingerprint density at radius 2 is 1.74 bits per heavy atom. The van der Waals surface area contributed by atoms with E-state index in [1.165, 1.54) is 10.1 Å². The molecule has 7 heteroatoms. The molecule has 162 valence electrons. The van der Waals surface area contributed by atoms with E-state index in [-0.39, 0.29) is 42.5 Å². The number of fused-ring (bicyclic) bond motifs is 1. The minimum Gasteiger partial charge on any atom is -0.356 e. The zero-order valence-electron chi connectivity index (χ0n) is 18.0. The van der Waals surface area contributed by atoms with E-state index in [2.05, 4.69) is 22.5 Å². The Labute approximate surface area is 181 Å². The number of para-hydroxylation sites is 2. The van der Waals surface area contributed by atoms with Gasteiger partial charge in [-0.15, -0.1) is 0 Å². The van der Waals surface area contributed by atoms with Crippen LogP contribution >= 0.6 is 0 Å². The van der Waals surface area contributed by atoms with Gasteiger partial charge in [0.05, 0.1) is 11.0 Å². The van der Waals surface area contributed by atoms with Gasteiger partial charge in [0.1, 0.15) is 12.2 Å². The lowest BCUT2D eigenvalue weighted by Crippen LogP contribution is -2.32. The molecular weight excluding hydrogens is 392 g/mol. The van der Waals surface area contributed by atoms with Crippen molar-refractivity contribution in [2.24, 2.45) is 0 Å². The third-order valence-electron chi connectivity index (χ3n) is 5.03. The maximum absolute atomic E-state index is 13.1. The standard InChI is InChI=1S/C24H28N4O3/c1-3-15-25-22(29)14-13-20-24(31)28(21-8-6-5-7-19(21)27-20)16-23(30)26-18-11-9-17(4-2)10-12-18/h5-12H,3-4,13-16H2,1-2H3,(H,25,29)(H,26,30). The van der Waals surface area contributed by atoms with Crippen LogP contribution in [0.1, 0.15) is 37.9 Å². The molecule has 3 rings (SSSR count). The van der Waals surface area contributed by atoms with Crippen LogP contribution in [0.4, 0.5) is 5.69 Å². The molecule has 0 radical (unpaired) electrons. The van der Waals surface area contributed by atoms with Crippen molar-refractivity contribution in [3.63, 3.8) is 0 Å². The second-order valence-corrected chi connectivity index (χ2v) is 7.39. The molecule has 0 saturated carbocycles. The lowest BCUT2D eigenvalue weighted by molar-refractivity contribution is -0.121. The van der Waals surface area contributed by atoms with Gasteiger partial charge in [0.15, 0.2) is 0 Å². The van der Waals surface area contributed by atoms with E-state index in [0.29, 0.717) is 23.3 Å². The van der Waals surface area contributed by atoms with E-state index in [0.717, 1.165) is 12.8 Å². The monoisotopic (exact) mass is 420 g/mol. The van der Waals surface area contributed by atoms with Crippen molar-refractivity contribution < 1.29 is 9.59 Å². The van der Waals surface area contributed by atoms with Crippen LogP contribution in [0.25, 0.3) is 11.0 Å². The van der Waals surface area contributed by atoms with Crippen LogP contribution in [0, 0.1) is 0 Å². The molecule has 0 unspecified atom stereocenters. The number of carbonyl (C=O) groups is 2. The predicted octanol–water partition coefficient (Wildman–Crippen LogP) is 3.06. The maximum Gasteiger partial charge on any atom is 0.273 e. The van der Waals surface area contributed by atoms with E-state index in [9.17, 15) is 14.4 Å². The van der Waals surface area contributed by atoms with E-state index in [1.807, 2.05) is 37.3 Å². The summed E-state index contributed by atoms with van der Waals surface area (Å²) in [6.45, 7) is 4.52. The first kappa shape index (κ1) is 22.2. The fourth-order valence-electron chi connectivity index (χ4n) is 3.32. The van der Waals surface area contributed by atoms with Gasteiger partial charge in [0.2, 0.25) is 11.8 Å². The summed E-state index contributed by atoms with van der Waals surface area (Å²) in [5.41, 5.74) is 3.00. The summed E-state index contributed by atoms with van der Waals surface area (Å²) in [5.74, 6) is -0.412. The number of anilines is 1. The summed E-state index contributed by atoms with van der Waals surface area (Å²) in [5, 5.41) is 5.65. The Morgan fingerprint density at radius 1 is 1.00 bits per heavy atom. The van der Waals surface area contributed by atoms with E-state index in [4.69, 9.17) is 0 Å². The topological polar surface area (TPSA) is 93.1 Å². The number of amides is 2. The molecule has 1 aromatic heterocycles. The predicted molar refractivity (Wildman–Crippen MR) is 122 cm³/mol. The molecule has 0 spiro atoms. The first-order valence-corrected chi connectivity index (χ1v) is 10.7. The van der Waals surface area contributed by atoms with Crippen LogP contribution in [-0.4, -0.2) is 27.9 Å². The number of nitrogens with zero attached hydrogens (tertiary/aromatic N) is 2. The Balaban J connectivity index is 1.82. The molecule has 0 bridgehead atoms. The Kier molecular flexibility index (Phi) is 7.54. The molecule has 0 saturated heterocycles. The summed E-state index contributed by atoms with van der Waals surface area (Å²) < 4.78 is 1.43. The third-order valence-corrected chi connectivity index (χ3v) is 5.03. The molecule has 31 heavy (non-hydrogen) atoms. The summed E-state index contributed by atoms with van der Waals surface area (Å²) in [6.07, 6.45) is 2.17. The zero-order chi connectivity index (χ0) is 22.2. The number of aromatic nitrogens is 2. The number of benzene rings is 2. The van der Waals surface area contributed by atoms with Crippen LogP contribution in [0.2, 0.25) is 0 Å². The highest BCUT2D eigenvalue weighted by Crippen LogP contribution is 2.13. The van der Waals surface area contributed by atoms with Crippen LogP contribution < -0.4 is 16.2 Å². The van der Waals surface area contributed by atoms with E-state index in [1.54, 1.807) is 18.2 Å². The SMILES string of the molecule is CCCNC(=O)CCc1nc2ccccc2n(CC(=O)Nc2ccc(CC)cc2)c1=O. The molecule has 2 amide bonds. The normalized spacial score (nSPS) is 10.8. The first-order valence-electron chi connectivity index (χ1n) is 10.7. The van der Waals surface area contributed by atoms with Gasteiger partial charge in [-0.2, -0.15) is 0 Å². The molecule has 2 N–H and O–H groups in total. The summed E-state index contributed by atoms with van der Waals surface area (Å²) in [6, 6.07) is 14.8. The average Bonchev–Trinajstić information content (AvgIpc) is 2.79. The van der Waals surface area contributed by atoms with Crippen LogP contribution in [0.3, 0.4) is 0 Å². The smallest absolute Gasteiger partial charge is 0.273 e. The lowest BCUT2D eigenvalue weighted by atomic mass is 10.1. The third kappa shape index (κ3) is 5.78. The molecule has 2 aromatic carbocycles. The van der Waals surface area contributed by atoms with Crippen LogP contribution in [-0.2, 0) is 29.0 Å². The van der Waals surface area contributed by atoms with E-state index < -0.39 is 0 Å². The van der Waals surface area contributed by atoms with Crippen molar-refractivity contribution in [2.45, 2.75) is 46.1 Å². The molecule has 0 aliphatic rings. The van der Waals surface area contributed by atoms with Crippen LogP contribution in [0.15, 0.2) is 53.3 Å². The van der Waals surface area contributed by atoms with Crippen molar-refractivity contribution in [2.75, 3.05) is 11.9 Å². The van der Waals surface area contributed by atoms with Gasteiger partial charge >= 0.3 is 0 Å². The number of hydrogen-bond donors (Lipinski definition) is 2. The Morgan fingerprint density at radius 3 is 2.45 bits per heavy atom. The molecule has 0 atom stereocenters. The molecule has 1 heterocycles. The zero-order valence-corrected chi connectivity index (χ0v) is 18.0. The fraction of sp³-hybridized carbons (Fsp3) is 0.333. The number of hydrogen-bond acceptors (Lipinski definition) is 4. The number of aryl methyl sites for hydroxylation is 2. The summed E-state index contributed by atoms with van der Waals surface area (Å²) >= 11 is 0. The highest BCUT2D eigenvalue weighted by Gasteiger charge is 2.15. The first-order chi connectivity index (χ1) is 15.0. The molecule has 3 aromatic rings. The van der Waals surface area contributed by atoms with Crippen molar-refractivity contribution in [3.8, 4) is 0 Å². The molecule has 0 fully saturated rings. The number of nitrogens with one attached hydrogen (secondary N) is 2. The lowest BCUT2D eigenvalue weighted by Gasteiger charge is -2.13. The van der Waals surface area contributed by atoms with E-state index >= 15 is 0 Å². The number of rotatable bonds is 9. The molecule has 0 aliphatic carbocycles. The summed E-state index contributed by atoms with van der Waals surface area (Å²) in [7, 11) is 0. The van der Waals surface area contributed by atoms with Crippen LogP contribution in [0.5, 0.6) is 0 Å². The van der Waals surface area contributed by atoms with Gasteiger partial charge in [-0.3, -0.25) is 19.0 Å². The van der Waals surface area contributed by atoms with Gasteiger partial charge in [-0.25, -0.2) is 4.98 Å². The largest absolute Gasteiger partial charge is 0.356 e. The van der Waals surface area contributed by atoms with Gasteiger partial charge in [-0.1, -0.05) is 38.1 Å². The number of carbonyl (C=O) groups excluding carboxylic acids is 2. The Bertz CT molecular complexity index is 1120. The average molecular weight is 421 g/mol. The molecule has 7 nitrogen and oxygen atoms in total. The van der Waals surface area contributed by atoms with Gasteiger partial charge in [0.25, 0.3) is 5.56 Å². The van der Waals surface area contributed by atoms with Gasteiger partial charge in [-0.05, 0) is 42.7 Å². The van der Waals surface area contributed by atoms with Crippen molar-refractivity contribution >= 4 is 28.5 Å². The molecular formula is C24H28N4O3. The minimum absolute atomic E-state index is 0.115. The van der Waals surface area contributed by atoms with Gasteiger partial charge in [0, 0.05) is 25.1 Å².